The van der Waals surface area contributed by atoms with E-state index in [1.165, 1.54) is 11.3 Å². The lowest BCUT2D eigenvalue weighted by Crippen LogP contribution is -2.47. The summed E-state index contributed by atoms with van der Waals surface area (Å²) < 4.78 is 0.844. The Morgan fingerprint density at radius 2 is 2.00 bits per heavy atom. The van der Waals surface area contributed by atoms with E-state index < -0.39 is 11.9 Å². The molecule has 3 N–H and O–H groups in total. The first-order valence-corrected chi connectivity index (χ1v) is 7.65. The minimum absolute atomic E-state index is 0.0998. The van der Waals surface area contributed by atoms with Gasteiger partial charge >= 0.3 is 0 Å². The standard InChI is InChI=1S/C12H16BrN3O3S/c1-3-14-10(17)6-15-11(18)7(2)16-12(19)8-4-5-9(13)20-8/h4-5,7H,3,6H2,1-2H3,(H,14,17)(H,15,18)(H,16,19). The Morgan fingerprint density at radius 1 is 1.30 bits per heavy atom. The molecule has 0 aromatic carbocycles. The van der Waals surface area contributed by atoms with Gasteiger partial charge in [-0.05, 0) is 41.9 Å². The number of hydrogen-bond acceptors (Lipinski definition) is 4. The van der Waals surface area contributed by atoms with Gasteiger partial charge in [-0.1, -0.05) is 0 Å². The molecule has 1 aromatic heterocycles. The third-order valence-corrected chi connectivity index (χ3v) is 3.96. The molecular weight excluding hydrogens is 346 g/mol. The number of amides is 3. The fraction of sp³-hybridized carbons (Fsp3) is 0.417. The van der Waals surface area contributed by atoms with Gasteiger partial charge in [-0.25, -0.2) is 0 Å². The number of carbonyl (C=O) groups is 3. The molecule has 0 spiro atoms. The fourth-order valence-corrected chi connectivity index (χ4v) is 2.64. The highest BCUT2D eigenvalue weighted by molar-refractivity contribution is 9.11. The van der Waals surface area contributed by atoms with E-state index in [9.17, 15) is 14.4 Å². The van der Waals surface area contributed by atoms with Crippen LogP contribution in [0.4, 0.5) is 0 Å². The van der Waals surface area contributed by atoms with E-state index in [1.807, 2.05) is 0 Å². The highest BCUT2D eigenvalue weighted by Gasteiger charge is 2.18. The summed E-state index contributed by atoms with van der Waals surface area (Å²) in [5.74, 6) is -0.983. The van der Waals surface area contributed by atoms with E-state index >= 15 is 0 Å². The molecule has 0 bridgehead atoms. The quantitative estimate of drug-likeness (QED) is 0.702. The summed E-state index contributed by atoms with van der Waals surface area (Å²) in [5.41, 5.74) is 0. The Hall–Kier alpha value is -1.41. The van der Waals surface area contributed by atoms with Gasteiger partial charge in [0.25, 0.3) is 5.91 Å². The number of halogens is 1. The minimum Gasteiger partial charge on any atom is -0.355 e. The Labute approximate surface area is 129 Å². The van der Waals surface area contributed by atoms with Gasteiger partial charge in [0.2, 0.25) is 11.8 Å². The third kappa shape index (κ3) is 5.30. The van der Waals surface area contributed by atoms with Crippen LogP contribution in [0.2, 0.25) is 0 Å². The molecule has 8 heteroatoms. The average Bonchev–Trinajstić information content (AvgIpc) is 2.83. The maximum Gasteiger partial charge on any atom is 0.262 e. The van der Waals surface area contributed by atoms with E-state index in [1.54, 1.807) is 26.0 Å². The van der Waals surface area contributed by atoms with Crippen molar-refractivity contribution < 1.29 is 14.4 Å². The first-order valence-electron chi connectivity index (χ1n) is 6.04. The predicted molar refractivity (Wildman–Crippen MR) is 80.6 cm³/mol. The first kappa shape index (κ1) is 16.6. The summed E-state index contributed by atoms with van der Waals surface area (Å²) in [7, 11) is 0. The van der Waals surface area contributed by atoms with Crippen molar-refractivity contribution in [3.8, 4) is 0 Å². The maximum atomic E-state index is 11.8. The van der Waals surface area contributed by atoms with Crippen molar-refractivity contribution in [1.29, 1.82) is 0 Å². The number of likely N-dealkylation sites (N-methyl/N-ethyl adjacent to an activating group) is 1. The van der Waals surface area contributed by atoms with Crippen LogP contribution in [-0.2, 0) is 9.59 Å². The molecule has 0 aliphatic rings. The largest absolute Gasteiger partial charge is 0.355 e. The van der Waals surface area contributed by atoms with Crippen LogP contribution >= 0.6 is 27.3 Å². The lowest BCUT2D eigenvalue weighted by atomic mass is 10.3. The van der Waals surface area contributed by atoms with Gasteiger partial charge in [0.05, 0.1) is 15.2 Å². The zero-order chi connectivity index (χ0) is 15.1. The molecule has 6 nitrogen and oxygen atoms in total. The van der Waals surface area contributed by atoms with Crippen LogP contribution in [0, 0.1) is 0 Å². The average molecular weight is 362 g/mol. The molecule has 0 saturated carbocycles. The zero-order valence-electron chi connectivity index (χ0n) is 11.2. The molecule has 0 fully saturated rings. The number of hydrogen-bond donors (Lipinski definition) is 3. The van der Waals surface area contributed by atoms with Crippen LogP contribution in [0.3, 0.4) is 0 Å². The summed E-state index contributed by atoms with van der Waals surface area (Å²) in [5, 5.41) is 7.59. The summed E-state index contributed by atoms with van der Waals surface area (Å²) in [6.45, 7) is 3.76. The van der Waals surface area contributed by atoms with Crippen molar-refractivity contribution >= 4 is 45.0 Å². The second-order valence-corrected chi connectivity index (χ2v) is 6.43. The van der Waals surface area contributed by atoms with Crippen LogP contribution in [0.1, 0.15) is 23.5 Å². The van der Waals surface area contributed by atoms with Crippen molar-refractivity contribution in [2.45, 2.75) is 19.9 Å². The van der Waals surface area contributed by atoms with Crippen molar-refractivity contribution in [3.63, 3.8) is 0 Å². The van der Waals surface area contributed by atoms with E-state index in [0.717, 1.165) is 3.79 Å². The van der Waals surface area contributed by atoms with Crippen LogP contribution < -0.4 is 16.0 Å². The molecule has 1 rings (SSSR count). The van der Waals surface area contributed by atoms with Crippen molar-refractivity contribution in [2.75, 3.05) is 13.1 Å². The van der Waals surface area contributed by atoms with Crippen LogP contribution in [0.5, 0.6) is 0 Å². The molecule has 0 aliphatic carbocycles. The Balaban J connectivity index is 2.41. The topological polar surface area (TPSA) is 87.3 Å². The second-order valence-electron chi connectivity index (χ2n) is 3.97. The van der Waals surface area contributed by atoms with Gasteiger partial charge in [-0.15, -0.1) is 11.3 Å². The smallest absolute Gasteiger partial charge is 0.262 e. The third-order valence-electron chi connectivity index (χ3n) is 2.33. The molecule has 1 atom stereocenters. The molecular formula is C12H16BrN3O3S. The molecule has 1 aromatic rings. The zero-order valence-corrected chi connectivity index (χ0v) is 13.6. The number of rotatable bonds is 6. The highest BCUT2D eigenvalue weighted by atomic mass is 79.9. The minimum atomic E-state index is -0.710. The Morgan fingerprint density at radius 3 is 2.55 bits per heavy atom. The van der Waals surface area contributed by atoms with E-state index in [0.29, 0.717) is 11.4 Å². The normalized spacial score (nSPS) is 11.6. The maximum absolute atomic E-state index is 11.8. The van der Waals surface area contributed by atoms with Crippen molar-refractivity contribution in [2.24, 2.45) is 0 Å². The van der Waals surface area contributed by atoms with Crippen LogP contribution in [-0.4, -0.2) is 36.9 Å². The lowest BCUT2D eigenvalue weighted by Gasteiger charge is -2.13. The molecule has 0 radical (unpaired) electrons. The SMILES string of the molecule is CCNC(=O)CNC(=O)C(C)NC(=O)c1ccc(Br)s1. The summed E-state index contributed by atoms with van der Waals surface area (Å²) in [6.07, 6.45) is 0. The summed E-state index contributed by atoms with van der Waals surface area (Å²) in [6, 6.07) is 2.72. The fourth-order valence-electron chi connectivity index (χ4n) is 1.35. The van der Waals surface area contributed by atoms with Gasteiger partial charge in [-0.3, -0.25) is 14.4 Å². The van der Waals surface area contributed by atoms with Crippen molar-refractivity contribution in [1.82, 2.24) is 16.0 Å². The number of thiophene rings is 1. The van der Waals surface area contributed by atoms with E-state index in [-0.39, 0.29) is 18.4 Å². The Bertz CT molecular complexity index is 504. The van der Waals surface area contributed by atoms with Crippen LogP contribution in [0.15, 0.2) is 15.9 Å². The first-order chi connectivity index (χ1) is 9.43. The van der Waals surface area contributed by atoms with Gasteiger partial charge < -0.3 is 16.0 Å². The van der Waals surface area contributed by atoms with E-state index in [2.05, 4.69) is 31.9 Å². The molecule has 0 aliphatic heterocycles. The molecule has 1 heterocycles. The molecule has 110 valence electrons. The highest BCUT2D eigenvalue weighted by Crippen LogP contribution is 2.21. The predicted octanol–water partition coefficient (Wildman–Crippen LogP) is 0.881. The van der Waals surface area contributed by atoms with Gasteiger partial charge in [0.15, 0.2) is 0 Å². The molecule has 20 heavy (non-hydrogen) atoms. The van der Waals surface area contributed by atoms with Crippen molar-refractivity contribution in [3.05, 3.63) is 20.8 Å². The summed E-state index contributed by atoms with van der Waals surface area (Å²) in [4.78, 5) is 35.3. The van der Waals surface area contributed by atoms with E-state index in [4.69, 9.17) is 0 Å². The Kier molecular flexibility index (Phi) is 6.66. The van der Waals surface area contributed by atoms with Gasteiger partial charge in [0, 0.05) is 6.54 Å². The number of carbonyl (C=O) groups excluding carboxylic acids is 3. The molecule has 0 saturated heterocycles. The lowest BCUT2D eigenvalue weighted by molar-refractivity contribution is -0.126. The molecule has 1 unspecified atom stereocenters. The monoisotopic (exact) mass is 361 g/mol. The van der Waals surface area contributed by atoms with Crippen LogP contribution in [0.25, 0.3) is 0 Å². The van der Waals surface area contributed by atoms with Gasteiger partial charge in [0.1, 0.15) is 6.04 Å². The summed E-state index contributed by atoms with van der Waals surface area (Å²) >= 11 is 4.55. The van der Waals surface area contributed by atoms with Gasteiger partial charge in [-0.2, -0.15) is 0 Å². The number of nitrogens with one attached hydrogen (secondary N) is 3. The second kappa shape index (κ2) is 8.01. The molecule has 3 amide bonds.